The Kier molecular flexibility index (Phi) is 7.19. The second-order valence-corrected chi connectivity index (χ2v) is 7.67. The summed E-state index contributed by atoms with van der Waals surface area (Å²) >= 11 is 0. The molecule has 0 radical (unpaired) electrons. The molecule has 1 aliphatic heterocycles. The van der Waals surface area contributed by atoms with E-state index in [0.29, 0.717) is 6.61 Å². The average molecular weight is 429 g/mol. The minimum Gasteiger partial charge on any atom is -0.475 e. The maximum Gasteiger partial charge on any atom is 0.490 e. The Hall–Kier alpha value is -2.33. The summed E-state index contributed by atoms with van der Waals surface area (Å²) in [5, 5.41) is 7.12. The number of nitrogens with zero attached hydrogens (tertiary/aromatic N) is 3. The van der Waals surface area contributed by atoms with Gasteiger partial charge in [0, 0.05) is 26.2 Å². The Morgan fingerprint density at radius 2 is 2.07 bits per heavy atom. The predicted molar refractivity (Wildman–Crippen MR) is 100 cm³/mol. The third kappa shape index (κ3) is 6.60. The summed E-state index contributed by atoms with van der Waals surface area (Å²) in [6.45, 7) is 7.44. The zero-order valence-electron chi connectivity index (χ0n) is 16.8. The Bertz CT molecular complexity index is 843. The van der Waals surface area contributed by atoms with Crippen molar-refractivity contribution in [3.8, 4) is 0 Å². The van der Waals surface area contributed by atoms with E-state index in [9.17, 15) is 13.2 Å². The first-order chi connectivity index (χ1) is 14.2. The fourth-order valence-corrected chi connectivity index (χ4v) is 3.23. The molecule has 2 aliphatic rings. The van der Waals surface area contributed by atoms with Crippen LogP contribution < -0.4 is 0 Å². The highest BCUT2D eigenvalue weighted by Gasteiger charge is 2.38. The molecule has 2 aromatic rings. The molecule has 0 aromatic carbocycles. The van der Waals surface area contributed by atoms with Gasteiger partial charge in [0.25, 0.3) is 0 Å². The van der Waals surface area contributed by atoms with Crippen molar-refractivity contribution in [3.05, 3.63) is 41.4 Å². The van der Waals surface area contributed by atoms with Crippen molar-refractivity contribution in [1.82, 2.24) is 14.5 Å². The number of alkyl halides is 3. The molecule has 166 valence electrons. The number of aliphatic carboxylic acids is 1. The van der Waals surface area contributed by atoms with Crippen LogP contribution in [0.5, 0.6) is 0 Å². The van der Waals surface area contributed by atoms with E-state index in [4.69, 9.17) is 19.1 Å². The molecular formula is C20H26F3N3O4. The summed E-state index contributed by atoms with van der Waals surface area (Å²) in [4.78, 5) is 15.9. The predicted octanol–water partition coefficient (Wildman–Crippen LogP) is 3.75. The SMILES string of the molecule is Cc1ccc(CN2CCCn3cnc(COCC4CC4)c3C2)o1.O=C(O)C(F)(F)F. The molecule has 10 heteroatoms. The minimum atomic E-state index is -5.08. The monoisotopic (exact) mass is 429 g/mol. The molecule has 7 nitrogen and oxygen atoms in total. The van der Waals surface area contributed by atoms with Crippen LogP contribution in [0.1, 0.15) is 42.2 Å². The van der Waals surface area contributed by atoms with Crippen LogP contribution in [0.3, 0.4) is 0 Å². The quantitative estimate of drug-likeness (QED) is 0.753. The van der Waals surface area contributed by atoms with E-state index in [1.165, 1.54) is 18.5 Å². The number of fused-ring (bicyclic) bond motifs is 1. The van der Waals surface area contributed by atoms with Crippen molar-refractivity contribution in [3.63, 3.8) is 0 Å². The van der Waals surface area contributed by atoms with Gasteiger partial charge in [-0.05, 0) is 44.2 Å². The highest BCUT2D eigenvalue weighted by molar-refractivity contribution is 5.73. The number of carbonyl (C=O) groups is 1. The third-order valence-electron chi connectivity index (χ3n) is 4.99. The number of aryl methyl sites for hydroxylation is 2. The topological polar surface area (TPSA) is 80.7 Å². The summed E-state index contributed by atoms with van der Waals surface area (Å²) in [5.41, 5.74) is 2.41. The lowest BCUT2D eigenvalue weighted by atomic mass is 10.3. The summed E-state index contributed by atoms with van der Waals surface area (Å²) < 4.78 is 45.6. The zero-order chi connectivity index (χ0) is 21.7. The Labute approximate surface area is 172 Å². The van der Waals surface area contributed by atoms with Crippen molar-refractivity contribution in [1.29, 1.82) is 0 Å². The number of hydrogen-bond acceptors (Lipinski definition) is 5. The molecule has 1 N–H and O–H groups in total. The number of imidazole rings is 1. The van der Waals surface area contributed by atoms with Crippen LogP contribution in [0.25, 0.3) is 0 Å². The number of rotatable bonds is 6. The van der Waals surface area contributed by atoms with Crippen LogP contribution in [-0.4, -0.2) is 44.9 Å². The van der Waals surface area contributed by atoms with Gasteiger partial charge >= 0.3 is 12.1 Å². The Balaban J connectivity index is 0.000000318. The number of carboxylic acids is 1. The molecule has 0 spiro atoms. The van der Waals surface area contributed by atoms with E-state index in [2.05, 4.69) is 20.5 Å². The van der Waals surface area contributed by atoms with Crippen molar-refractivity contribution in [2.45, 2.75) is 58.6 Å². The fourth-order valence-electron chi connectivity index (χ4n) is 3.23. The summed E-state index contributed by atoms with van der Waals surface area (Å²) in [6.07, 6.45) is 0.701. The first kappa shape index (κ1) is 22.4. The van der Waals surface area contributed by atoms with Gasteiger partial charge in [0.2, 0.25) is 0 Å². The number of carboxylic acid groups (broad SMARTS) is 1. The Morgan fingerprint density at radius 3 is 2.67 bits per heavy atom. The zero-order valence-corrected chi connectivity index (χ0v) is 16.8. The fraction of sp³-hybridized carbons (Fsp3) is 0.600. The largest absolute Gasteiger partial charge is 0.490 e. The van der Waals surface area contributed by atoms with Gasteiger partial charge in [0.1, 0.15) is 11.5 Å². The van der Waals surface area contributed by atoms with Crippen LogP contribution in [0.15, 0.2) is 22.9 Å². The number of halogens is 3. The minimum absolute atomic E-state index is 0.645. The highest BCUT2D eigenvalue weighted by Crippen LogP contribution is 2.29. The van der Waals surface area contributed by atoms with E-state index in [0.717, 1.165) is 62.3 Å². The van der Waals surface area contributed by atoms with Crippen molar-refractivity contribution in [2.75, 3.05) is 13.2 Å². The van der Waals surface area contributed by atoms with Crippen LogP contribution in [-0.2, 0) is 35.8 Å². The van der Waals surface area contributed by atoms with Gasteiger partial charge in [-0.2, -0.15) is 13.2 Å². The maximum atomic E-state index is 10.6. The first-order valence-electron chi connectivity index (χ1n) is 9.90. The lowest BCUT2D eigenvalue weighted by Gasteiger charge is -2.18. The van der Waals surface area contributed by atoms with Crippen LogP contribution in [0.4, 0.5) is 13.2 Å². The molecule has 0 saturated heterocycles. The summed E-state index contributed by atoms with van der Waals surface area (Å²) in [5.74, 6) is 0.0680. The molecule has 2 aromatic heterocycles. The number of ether oxygens (including phenoxy) is 1. The van der Waals surface area contributed by atoms with E-state index in [1.54, 1.807) is 0 Å². The molecule has 0 unspecified atom stereocenters. The van der Waals surface area contributed by atoms with Crippen molar-refractivity contribution >= 4 is 5.97 Å². The van der Waals surface area contributed by atoms with E-state index >= 15 is 0 Å². The van der Waals surface area contributed by atoms with E-state index in [1.807, 2.05) is 19.3 Å². The summed E-state index contributed by atoms with van der Waals surface area (Å²) in [7, 11) is 0. The van der Waals surface area contributed by atoms with Crippen LogP contribution in [0, 0.1) is 12.8 Å². The second kappa shape index (κ2) is 9.65. The van der Waals surface area contributed by atoms with E-state index < -0.39 is 12.1 Å². The molecular weight excluding hydrogens is 403 g/mol. The van der Waals surface area contributed by atoms with Gasteiger partial charge in [-0.1, -0.05) is 0 Å². The van der Waals surface area contributed by atoms with Gasteiger partial charge < -0.3 is 18.8 Å². The molecule has 1 aliphatic carbocycles. The number of furan rings is 1. The van der Waals surface area contributed by atoms with Gasteiger partial charge in [0.05, 0.1) is 30.9 Å². The smallest absolute Gasteiger partial charge is 0.475 e. The lowest BCUT2D eigenvalue weighted by molar-refractivity contribution is -0.192. The van der Waals surface area contributed by atoms with Crippen molar-refractivity contribution in [2.24, 2.45) is 5.92 Å². The Morgan fingerprint density at radius 1 is 1.33 bits per heavy atom. The van der Waals surface area contributed by atoms with E-state index in [-0.39, 0.29) is 0 Å². The maximum absolute atomic E-state index is 10.6. The lowest BCUT2D eigenvalue weighted by Crippen LogP contribution is -2.23. The number of aromatic nitrogens is 2. The second-order valence-electron chi connectivity index (χ2n) is 7.67. The first-order valence-corrected chi connectivity index (χ1v) is 9.90. The molecule has 3 heterocycles. The van der Waals surface area contributed by atoms with Gasteiger partial charge in [-0.15, -0.1) is 0 Å². The molecule has 4 rings (SSSR count). The molecule has 0 atom stereocenters. The molecule has 0 bridgehead atoms. The molecule has 30 heavy (non-hydrogen) atoms. The van der Waals surface area contributed by atoms with Crippen molar-refractivity contribution < 1.29 is 32.2 Å². The standard InChI is InChI=1S/C18H25N3O2.C2HF3O2/c1-14-3-6-16(23-14)9-20-7-2-8-21-13-19-17(18(21)10-20)12-22-11-15-4-5-15;3-2(4,5)1(6)7/h3,6,13,15H,2,4-5,7-12H2,1H3;(H,6,7). The van der Waals surface area contributed by atoms with Gasteiger partial charge in [0.15, 0.2) is 0 Å². The average Bonchev–Trinajstić information content (AvgIpc) is 3.34. The molecule has 0 amide bonds. The van der Waals surface area contributed by atoms with Crippen LogP contribution in [0.2, 0.25) is 0 Å². The van der Waals surface area contributed by atoms with Gasteiger partial charge in [-0.25, -0.2) is 9.78 Å². The highest BCUT2D eigenvalue weighted by atomic mass is 19.4. The van der Waals surface area contributed by atoms with Crippen LogP contribution >= 0.6 is 0 Å². The normalized spacial score (nSPS) is 17.1. The van der Waals surface area contributed by atoms with Gasteiger partial charge in [-0.3, -0.25) is 4.90 Å². The molecule has 1 saturated carbocycles. The third-order valence-corrected chi connectivity index (χ3v) is 4.99. The molecule has 1 fully saturated rings. The summed E-state index contributed by atoms with van der Waals surface area (Å²) in [6, 6.07) is 4.12. The number of hydrogen-bond donors (Lipinski definition) is 1.